The molecule has 6 nitrogen and oxygen atoms in total. The van der Waals surface area contributed by atoms with Crippen molar-refractivity contribution in [3.05, 3.63) is 58.9 Å². The van der Waals surface area contributed by atoms with Gasteiger partial charge in [0.25, 0.3) is 5.91 Å². The Kier molecular flexibility index (Phi) is 7.62. The lowest BCUT2D eigenvalue weighted by molar-refractivity contribution is -0.128. The lowest BCUT2D eigenvalue weighted by Gasteiger charge is -2.30. The summed E-state index contributed by atoms with van der Waals surface area (Å²) in [7, 11) is 0. The number of nitrogens with zero attached hydrogens (tertiary/aromatic N) is 2. The third kappa shape index (κ3) is 6.19. The van der Waals surface area contributed by atoms with Crippen LogP contribution in [0.25, 0.3) is 0 Å². The Balaban J connectivity index is 2.07. The number of rotatable bonds is 6. The van der Waals surface area contributed by atoms with Crippen molar-refractivity contribution in [2.45, 2.75) is 58.5 Å². The minimum absolute atomic E-state index is 0.128. The number of hydrogen-bond acceptors (Lipinski definition) is 4. The summed E-state index contributed by atoms with van der Waals surface area (Å²) in [6.45, 7) is 14.4. The van der Waals surface area contributed by atoms with Crippen LogP contribution in [0.15, 0.2) is 52.8 Å². The van der Waals surface area contributed by atoms with Gasteiger partial charge in [0.1, 0.15) is 5.70 Å². The van der Waals surface area contributed by atoms with Gasteiger partial charge in [-0.3, -0.25) is 4.79 Å². The molecular weight excluding hydrogens is 362 g/mol. The Labute approximate surface area is 174 Å². The predicted molar refractivity (Wildman–Crippen MR) is 120 cm³/mol. The van der Waals surface area contributed by atoms with Crippen LogP contribution in [0.3, 0.4) is 0 Å². The zero-order chi connectivity index (χ0) is 21.6. The number of amides is 1. The number of piperidine rings is 1. The third-order valence-electron chi connectivity index (χ3n) is 5.37. The maximum Gasteiger partial charge on any atom is 0.272 e. The minimum atomic E-state index is -0.131. The number of allylic oxidation sites excluding steroid dienone is 1. The average molecular weight is 398 g/mol. The molecule has 1 heterocycles. The van der Waals surface area contributed by atoms with Crippen LogP contribution in [-0.4, -0.2) is 36.3 Å². The van der Waals surface area contributed by atoms with E-state index in [4.69, 9.17) is 11.5 Å². The Morgan fingerprint density at radius 1 is 1.28 bits per heavy atom. The van der Waals surface area contributed by atoms with Crippen molar-refractivity contribution in [3.63, 3.8) is 0 Å². The highest BCUT2D eigenvalue weighted by Crippen LogP contribution is 2.22. The normalized spacial score (nSPS) is 16.7. The van der Waals surface area contributed by atoms with Crippen molar-refractivity contribution >= 4 is 12.2 Å². The molecular formula is C23H35N5O. The lowest BCUT2D eigenvalue weighted by Crippen LogP contribution is -2.43. The first-order valence-electron chi connectivity index (χ1n) is 10.2. The molecule has 5 N–H and O–H groups in total. The fourth-order valence-corrected chi connectivity index (χ4v) is 3.25. The maximum atomic E-state index is 12.9. The molecule has 1 saturated heterocycles. The number of aliphatic imine (C=N–C) groups is 1. The third-order valence-corrected chi connectivity index (χ3v) is 5.37. The monoisotopic (exact) mass is 397 g/mol. The average Bonchev–Trinajstić information content (AvgIpc) is 2.69. The minimum Gasteiger partial charge on any atom is -0.390 e. The molecule has 0 aromatic heterocycles. The number of benzene rings is 1. The summed E-state index contributed by atoms with van der Waals surface area (Å²) < 4.78 is 0. The fourth-order valence-electron chi connectivity index (χ4n) is 3.25. The van der Waals surface area contributed by atoms with Gasteiger partial charge in [-0.25, -0.2) is 4.99 Å². The van der Waals surface area contributed by atoms with Crippen LogP contribution in [0.5, 0.6) is 0 Å². The number of likely N-dealkylation sites (tertiary alicyclic amines) is 1. The van der Waals surface area contributed by atoms with Gasteiger partial charge in [0.15, 0.2) is 0 Å². The SMILES string of the molecule is C=C(NCc1ccc(C(C)(C)C)cc1)/C(C)=C(\N=CN)C(=O)N1CCC(N)CC1. The molecule has 0 radical (unpaired) electrons. The molecule has 158 valence electrons. The first-order valence-corrected chi connectivity index (χ1v) is 10.2. The van der Waals surface area contributed by atoms with Gasteiger partial charge in [-0.15, -0.1) is 0 Å². The van der Waals surface area contributed by atoms with Crippen molar-refractivity contribution in [2.24, 2.45) is 16.5 Å². The van der Waals surface area contributed by atoms with E-state index < -0.39 is 0 Å². The molecule has 29 heavy (non-hydrogen) atoms. The Hall–Kier alpha value is -2.60. The second-order valence-corrected chi connectivity index (χ2v) is 8.66. The summed E-state index contributed by atoms with van der Waals surface area (Å²) in [5.41, 5.74) is 15.7. The van der Waals surface area contributed by atoms with E-state index in [9.17, 15) is 4.79 Å². The summed E-state index contributed by atoms with van der Waals surface area (Å²) in [5.74, 6) is -0.131. The van der Waals surface area contributed by atoms with Crippen LogP contribution in [0.2, 0.25) is 0 Å². The molecule has 1 amide bonds. The highest BCUT2D eigenvalue weighted by molar-refractivity contribution is 5.95. The van der Waals surface area contributed by atoms with Crippen molar-refractivity contribution in [1.82, 2.24) is 10.2 Å². The van der Waals surface area contributed by atoms with E-state index in [0.29, 0.717) is 36.6 Å². The second-order valence-electron chi connectivity index (χ2n) is 8.66. The van der Waals surface area contributed by atoms with Crippen LogP contribution < -0.4 is 16.8 Å². The van der Waals surface area contributed by atoms with Crippen molar-refractivity contribution in [3.8, 4) is 0 Å². The van der Waals surface area contributed by atoms with Crippen molar-refractivity contribution in [1.29, 1.82) is 0 Å². The first kappa shape index (κ1) is 22.7. The van der Waals surface area contributed by atoms with E-state index in [1.807, 2.05) is 6.92 Å². The van der Waals surface area contributed by atoms with Gasteiger partial charge >= 0.3 is 0 Å². The molecule has 0 saturated carbocycles. The molecule has 0 spiro atoms. The van der Waals surface area contributed by atoms with E-state index in [1.165, 1.54) is 5.56 Å². The number of carbonyl (C=O) groups is 1. The van der Waals surface area contributed by atoms with Gasteiger partial charge in [-0.1, -0.05) is 51.6 Å². The van der Waals surface area contributed by atoms with Gasteiger partial charge in [0.05, 0.1) is 6.34 Å². The molecule has 1 aliphatic heterocycles. The molecule has 1 aromatic carbocycles. The number of nitrogens with one attached hydrogen (secondary N) is 1. The van der Waals surface area contributed by atoms with E-state index in [0.717, 1.165) is 24.7 Å². The molecule has 1 fully saturated rings. The number of carbonyl (C=O) groups excluding carboxylic acids is 1. The Bertz CT molecular complexity index is 778. The summed E-state index contributed by atoms with van der Waals surface area (Å²) in [6, 6.07) is 8.68. The zero-order valence-corrected chi connectivity index (χ0v) is 18.2. The molecule has 0 aliphatic carbocycles. The molecule has 1 aliphatic rings. The summed E-state index contributed by atoms with van der Waals surface area (Å²) in [5, 5.41) is 3.30. The molecule has 0 atom stereocenters. The van der Waals surface area contributed by atoms with E-state index in [2.05, 4.69) is 61.9 Å². The predicted octanol–water partition coefficient (Wildman–Crippen LogP) is 2.80. The number of nitrogens with two attached hydrogens (primary N) is 2. The molecule has 2 rings (SSSR count). The van der Waals surface area contributed by atoms with Gasteiger partial charge in [0.2, 0.25) is 0 Å². The Morgan fingerprint density at radius 3 is 2.38 bits per heavy atom. The molecule has 0 bridgehead atoms. The largest absolute Gasteiger partial charge is 0.390 e. The topological polar surface area (TPSA) is 96.7 Å². The smallest absolute Gasteiger partial charge is 0.272 e. The van der Waals surface area contributed by atoms with Crippen LogP contribution >= 0.6 is 0 Å². The number of hydrogen-bond donors (Lipinski definition) is 3. The van der Waals surface area contributed by atoms with E-state index in [1.54, 1.807) is 4.90 Å². The molecule has 6 heteroatoms. The highest BCUT2D eigenvalue weighted by Gasteiger charge is 2.24. The van der Waals surface area contributed by atoms with Gasteiger partial charge in [-0.2, -0.15) is 0 Å². The molecule has 1 aromatic rings. The first-order chi connectivity index (χ1) is 13.6. The van der Waals surface area contributed by atoms with Crippen LogP contribution in [-0.2, 0) is 16.8 Å². The summed E-state index contributed by atoms with van der Waals surface area (Å²) in [4.78, 5) is 18.9. The van der Waals surface area contributed by atoms with Crippen LogP contribution in [0.4, 0.5) is 0 Å². The Morgan fingerprint density at radius 2 is 1.86 bits per heavy atom. The summed E-state index contributed by atoms with van der Waals surface area (Å²) >= 11 is 0. The lowest BCUT2D eigenvalue weighted by atomic mass is 9.87. The van der Waals surface area contributed by atoms with Gasteiger partial charge in [0, 0.05) is 36.9 Å². The quantitative estimate of drug-likeness (QED) is 0.298. The highest BCUT2D eigenvalue weighted by atomic mass is 16.2. The van der Waals surface area contributed by atoms with Gasteiger partial charge < -0.3 is 21.7 Å². The van der Waals surface area contributed by atoms with E-state index in [-0.39, 0.29) is 17.4 Å². The molecule has 0 unspecified atom stereocenters. The zero-order valence-electron chi connectivity index (χ0n) is 18.2. The fraction of sp³-hybridized carbons (Fsp3) is 0.478. The second kappa shape index (κ2) is 9.74. The van der Waals surface area contributed by atoms with Crippen LogP contribution in [0, 0.1) is 0 Å². The standard InChI is InChI=1S/C23H35N5O/c1-16(21(27-15-24)22(29)28-12-10-20(25)11-13-28)17(2)26-14-18-6-8-19(9-7-18)23(3,4)5/h6-9,15,20,26H,2,10-14,25H2,1,3-5H3,(H2,24,27)/b21-16-. The summed E-state index contributed by atoms with van der Waals surface area (Å²) in [6.07, 6.45) is 2.76. The van der Waals surface area contributed by atoms with Crippen molar-refractivity contribution in [2.75, 3.05) is 13.1 Å². The van der Waals surface area contributed by atoms with E-state index >= 15 is 0 Å². The van der Waals surface area contributed by atoms with Gasteiger partial charge in [-0.05, 0) is 36.3 Å². The van der Waals surface area contributed by atoms with Crippen LogP contribution in [0.1, 0.15) is 51.7 Å². The maximum absolute atomic E-state index is 12.9. The van der Waals surface area contributed by atoms with Crippen molar-refractivity contribution < 1.29 is 4.79 Å².